The van der Waals surface area contributed by atoms with E-state index in [-0.39, 0.29) is 36.4 Å². The average Bonchev–Trinajstić information content (AvgIpc) is 3.14. The van der Waals surface area contributed by atoms with Crippen LogP contribution >= 0.6 is 0 Å². The smallest absolute Gasteiger partial charge is 0.291 e. The Kier molecular flexibility index (Phi) is 5.94. The summed E-state index contributed by atoms with van der Waals surface area (Å²) < 4.78 is 17.5. The van der Waals surface area contributed by atoms with Crippen molar-refractivity contribution < 1.29 is 9.18 Å². The van der Waals surface area contributed by atoms with E-state index >= 15 is 0 Å². The second-order valence-corrected chi connectivity index (χ2v) is 9.51. The zero-order valence-corrected chi connectivity index (χ0v) is 19.5. The van der Waals surface area contributed by atoms with E-state index in [4.69, 9.17) is 0 Å². The van der Waals surface area contributed by atoms with Gasteiger partial charge in [0.2, 0.25) is 5.91 Å². The minimum atomic E-state index is -0.356. The molecule has 34 heavy (non-hydrogen) atoms. The second kappa shape index (κ2) is 9.05. The van der Waals surface area contributed by atoms with Crippen LogP contribution in [-0.4, -0.2) is 26.3 Å². The average molecular weight is 461 g/mol. The van der Waals surface area contributed by atoms with Gasteiger partial charge in [-0.1, -0.05) is 63.1 Å². The summed E-state index contributed by atoms with van der Waals surface area (Å²) in [6.45, 7) is 4.46. The highest BCUT2D eigenvalue weighted by molar-refractivity contribution is 6.07. The Balaban J connectivity index is 1.52. The van der Waals surface area contributed by atoms with E-state index in [1.54, 1.807) is 24.4 Å². The van der Waals surface area contributed by atoms with Crippen LogP contribution in [0.3, 0.4) is 0 Å². The van der Waals surface area contributed by atoms with Crippen molar-refractivity contribution in [3.63, 3.8) is 0 Å². The van der Waals surface area contributed by atoms with Gasteiger partial charge in [-0.15, -0.1) is 0 Å². The largest absolute Gasteiger partial charge is 0.351 e. The van der Waals surface area contributed by atoms with Gasteiger partial charge in [-0.05, 0) is 30.4 Å². The van der Waals surface area contributed by atoms with Crippen LogP contribution in [0.15, 0.2) is 59.5 Å². The number of aromatic nitrogens is 3. The zero-order valence-electron chi connectivity index (χ0n) is 19.5. The van der Waals surface area contributed by atoms with Crippen molar-refractivity contribution in [1.82, 2.24) is 19.7 Å². The predicted octanol–water partition coefficient (Wildman–Crippen LogP) is 4.48. The van der Waals surface area contributed by atoms with Crippen LogP contribution in [0.25, 0.3) is 21.8 Å². The van der Waals surface area contributed by atoms with Crippen LogP contribution in [0.2, 0.25) is 0 Å². The van der Waals surface area contributed by atoms with Crippen molar-refractivity contribution in [2.75, 3.05) is 0 Å². The molecule has 3 atom stereocenters. The second-order valence-electron chi connectivity index (χ2n) is 9.51. The molecule has 1 aliphatic carbocycles. The van der Waals surface area contributed by atoms with Gasteiger partial charge in [0.15, 0.2) is 0 Å². The van der Waals surface area contributed by atoms with Gasteiger partial charge < -0.3 is 9.88 Å². The molecule has 0 bridgehead atoms. The van der Waals surface area contributed by atoms with Crippen LogP contribution in [0.4, 0.5) is 4.39 Å². The fraction of sp³-hybridized carbons (Fsp3) is 0.370. The molecule has 0 spiro atoms. The number of rotatable bonds is 5. The number of nitrogens with one attached hydrogen (secondary N) is 1. The van der Waals surface area contributed by atoms with Gasteiger partial charge in [0.25, 0.3) is 5.56 Å². The number of carbonyl (C=O) groups is 1. The molecule has 0 unspecified atom stereocenters. The molecule has 1 saturated carbocycles. The maximum absolute atomic E-state index is 14.5. The van der Waals surface area contributed by atoms with Crippen molar-refractivity contribution in [2.45, 2.75) is 52.2 Å². The number of fused-ring (bicyclic) bond motifs is 3. The Morgan fingerprint density at radius 1 is 1.09 bits per heavy atom. The van der Waals surface area contributed by atoms with Crippen molar-refractivity contribution in [2.24, 2.45) is 11.8 Å². The molecule has 0 radical (unpaired) electrons. The van der Waals surface area contributed by atoms with Gasteiger partial charge in [0.1, 0.15) is 17.9 Å². The van der Waals surface area contributed by atoms with Crippen LogP contribution in [0, 0.1) is 17.7 Å². The first-order chi connectivity index (χ1) is 16.4. The number of amides is 1. The van der Waals surface area contributed by atoms with Crippen molar-refractivity contribution in [3.05, 3.63) is 76.5 Å². The molecular weight excluding hydrogens is 431 g/mol. The SMILES string of the molecule is C[C@H]1[C@H](C)CCC[C@H]1NC(=O)Cn1ncc2c3ccccc3n(Cc3ccccc3F)c2c1=O. The number of hydrogen-bond donors (Lipinski definition) is 1. The number of benzene rings is 2. The Hall–Kier alpha value is -3.48. The lowest BCUT2D eigenvalue weighted by Gasteiger charge is -2.34. The van der Waals surface area contributed by atoms with Crippen molar-refractivity contribution in [1.29, 1.82) is 0 Å². The molecule has 1 amide bonds. The number of halogens is 1. The van der Waals surface area contributed by atoms with Crippen molar-refractivity contribution >= 4 is 27.7 Å². The highest BCUT2D eigenvalue weighted by Crippen LogP contribution is 2.30. The van der Waals surface area contributed by atoms with Gasteiger partial charge in [-0.2, -0.15) is 5.10 Å². The minimum absolute atomic E-state index is 0.114. The molecule has 176 valence electrons. The summed E-state index contributed by atoms with van der Waals surface area (Å²) in [7, 11) is 0. The quantitative estimate of drug-likeness (QED) is 0.478. The number of hydrogen-bond acceptors (Lipinski definition) is 3. The maximum Gasteiger partial charge on any atom is 0.291 e. The molecule has 2 aromatic carbocycles. The van der Waals surface area contributed by atoms with Gasteiger partial charge in [-0.3, -0.25) is 9.59 Å². The van der Waals surface area contributed by atoms with E-state index in [9.17, 15) is 14.0 Å². The molecule has 4 aromatic rings. The topological polar surface area (TPSA) is 68.9 Å². The summed E-state index contributed by atoms with van der Waals surface area (Å²) in [4.78, 5) is 26.4. The third-order valence-corrected chi connectivity index (χ3v) is 7.41. The van der Waals surface area contributed by atoms with E-state index in [1.807, 2.05) is 28.8 Å². The standard InChI is InChI=1S/C27H29FN4O2/c1-17-8-7-12-23(18(17)2)30-25(33)16-32-27(34)26-21(14-29-32)20-10-4-6-13-24(20)31(26)15-19-9-3-5-11-22(19)28/h3-6,9-11,13-14,17-18,23H,7-8,12,15-16H2,1-2H3,(H,30,33)/t17-,18+,23-/m1/s1. The lowest BCUT2D eigenvalue weighted by molar-refractivity contribution is -0.123. The molecule has 6 nitrogen and oxygen atoms in total. The normalized spacial score (nSPS) is 20.6. The van der Waals surface area contributed by atoms with Crippen LogP contribution in [0.1, 0.15) is 38.7 Å². The van der Waals surface area contributed by atoms with Gasteiger partial charge in [0, 0.05) is 27.9 Å². The summed E-state index contributed by atoms with van der Waals surface area (Å²) in [5.41, 5.74) is 1.38. The molecule has 1 fully saturated rings. The van der Waals surface area contributed by atoms with Crippen LogP contribution < -0.4 is 10.9 Å². The third kappa shape index (κ3) is 4.00. The lowest BCUT2D eigenvalue weighted by atomic mass is 9.78. The first kappa shape index (κ1) is 22.3. The van der Waals surface area contributed by atoms with Gasteiger partial charge >= 0.3 is 0 Å². The number of carbonyl (C=O) groups excluding carboxylic acids is 1. The van der Waals surface area contributed by atoms with Gasteiger partial charge in [0.05, 0.1) is 12.7 Å². The molecular formula is C27H29FN4O2. The monoisotopic (exact) mass is 460 g/mol. The molecule has 1 aliphatic rings. The van der Waals surface area contributed by atoms with E-state index in [1.165, 1.54) is 17.2 Å². The van der Waals surface area contributed by atoms with E-state index < -0.39 is 0 Å². The summed E-state index contributed by atoms with van der Waals surface area (Å²) >= 11 is 0. The lowest BCUT2D eigenvalue weighted by Crippen LogP contribution is -2.45. The fourth-order valence-corrected chi connectivity index (χ4v) is 5.24. The Bertz CT molecular complexity index is 1420. The first-order valence-corrected chi connectivity index (χ1v) is 11.9. The van der Waals surface area contributed by atoms with Crippen LogP contribution in [0.5, 0.6) is 0 Å². The fourth-order valence-electron chi connectivity index (χ4n) is 5.24. The summed E-state index contributed by atoms with van der Waals surface area (Å²) in [6.07, 6.45) is 4.86. The molecule has 0 saturated heterocycles. The van der Waals surface area contributed by atoms with Crippen LogP contribution in [-0.2, 0) is 17.9 Å². The maximum atomic E-state index is 14.5. The highest BCUT2D eigenvalue weighted by Gasteiger charge is 2.28. The van der Waals surface area contributed by atoms with E-state index in [0.717, 1.165) is 23.7 Å². The zero-order chi connectivity index (χ0) is 23.8. The predicted molar refractivity (Wildman–Crippen MR) is 131 cm³/mol. The third-order valence-electron chi connectivity index (χ3n) is 7.41. The Morgan fingerprint density at radius 2 is 1.85 bits per heavy atom. The number of nitrogens with zero attached hydrogens (tertiary/aromatic N) is 3. The molecule has 0 aliphatic heterocycles. The highest BCUT2D eigenvalue weighted by atomic mass is 19.1. The Morgan fingerprint density at radius 3 is 2.68 bits per heavy atom. The summed E-state index contributed by atoms with van der Waals surface area (Å²) in [5, 5.41) is 9.01. The summed E-state index contributed by atoms with van der Waals surface area (Å²) in [5.74, 6) is 0.424. The molecule has 1 N–H and O–H groups in total. The van der Waals surface area contributed by atoms with E-state index in [0.29, 0.717) is 28.3 Å². The summed E-state index contributed by atoms with van der Waals surface area (Å²) in [6, 6.07) is 14.3. The molecule has 2 aromatic heterocycles. The first-order valence-electron chi connectivity index (χ1n) is 11.9. The molecule has 2 heterocycles. The van der Waals surface area contributed by atoms with E-state index in [2.05, 4.69) is 24.3 Å². The van der Waals surface area contributed by atoms with Gasteiger partial charge in [-0.25, -0.2) is 9.07 Å². The minimum Gasteiger partial charge on any atom is -0.351 e. The number of para-hydroxylation sites is 1. The molecule has 7 heteroatoms. The molecule has 5 rings (SSSR count). The van der Waals surface area contributed by atoms with Crippen molar-refractivity contribution in [3.8, 4) is 0 Å². The Labute approximate surface area is 197 Å².